The average Bonchev–Trinajstić information content (AvgIpc) is 2.77. The van der Waals surface area contributed by atoms with Crippen LogP contribution in [-0.2, 0) is 4.79 Å². The molecule has 6 N–H and O–H groups in total. The molecule has 0 saturated heterocycles. The molecule has 1 unspecified atom stereocenters. The van der Waals surface area contributed by atoms with Crippen molar-refractivity contribution < 1.29 is 35.4 Å². The molecule has 0 fully saturated rings. The van der Waals surface area contributed by atoms with Gasteiger partial charge in [0, 0.05) is 6.42 Å². The van der Waals surface area contributed by atoms with Crippen molar-refractivity contribution in [2.75, 3.05) is 19.8 Å². The van der Waals surface area contributed by atoms with Crippen molar-refractivity contribution in [2.24, 2.45) is 0 Å². The van der Waals surface area contributed by atoms with E-state index in [4.69, 9.17) is 25.5 Å². The van der Waals surface area contributed by atoms with Gasteiger partial charge in [-0.15, -0.1) is 0 Å². The first-order chi connectivity index (χ1) is 15.0. The number of carbonyl (C=O) groups is 1. The lowest BCUT2D eigenvalue weighted by atomic mass is 10.1. The molecule has 0 bridgehead atoms. The first kappa shape index (κ1) is 32.2. The minimum absolute atomic E-state index is 0.111. The van der Waals surface area contributed by atoms with Crippen LogP contribution in [0.25, 0.3) is 0 Å². The Balaban J connectivity index is 0. The maximum Gasteiger partial charge on any atom is 0.303 e. The Morgan fingerprint density at radius 1 is 0.581 bits per heavy atom. The summed E-state index contributed by atoms with van der Waals surface area (Å²) >= 11 is 0. The number of carboxylic acids is 1. The van der Waals surface area contributed by atoms with E-state index in [1.54, 1.807) is 0 Å². The molecular weight excluding hydrogens is 400 g/mol. The molecule has 186 valence electrons. The molecule has 7 nitrogen and oxygen atoms in total. The third-order valence-electron chi connectivity index (χ3n) is 4.97. The second kappa shape index (κ2) is 27.0. The van der Waals surface area contributed by atoms with E-state index < -0.39 is 18.2 Å². The van der Waals surface area contributed by atoms with E-state index >= 15 is 0 Å². The smallest absolute Gasteiger partial charge is 0.303 e. The quantitative estimate of drug-likeness (QED) is 0.117. The summed E-state index contributed by atoms with van der Waals surface area (Å²) in [4.78, 5) is 10.4. The highest BCUT2D eigenvalue weighted by Gasteiger charge is 2.00. The van der Waals surface area contributed by atoms with Gasteiger partial charge in [-0.2, -0.15) is 0 Å². The van der Waals surface area contributed by atoms with Gasteiger partial charge in [0.25, 0.3) is 0 Å². The Kier molecular flexibility index (Phi) is 28.1. The molecule has 0 spiro atoms. The summed E-state index contributed by atoms with van der Waals surface area (Å²) in [6.45, 7) is -0.840. The maximum atomic E-state index is 10.4. The van der Waals surface area contributed by atoms with Crippen LogP contribution in [0.5, 0.6) is 0 Å². The van der Waals surface area contributed by atoms with Crippen LogP contribution in [0.2, 0.25) is 0 Å². The molecule has 0 aliphatic rings. The number of unbranched alkanes of at least 4 members (excludes halogenated alkanes) is 12. The number of aliphatic hydroxyl groups excluding tert-OH is 5. The fourth-order valence-electron chi connectivity index (χ4n) is 2.98. The minimum atomic E-state index is -0.954. The molecule has 1 atom stereocenters. The Morgan fingerprint density at radius 3 is 1.35 bits per heavy atom. The molecule has 0 heterocycles. The van der Waals surface area contributed by atoms with Gasteiger partial charge >= 0.3 is 5.97 Å². The van der Waals surface area contributed by atoms with E-state index in [1.807, 2.05) is 0 Å². The fraction of sp³-hybridized carbons (Fsp3) is 0.875. The highest BCUT2D eigenvalue weighted by atomic mass is 16.4. The normalized spacial score (nSPS) is 12.2. The second-order valence-electron chi connectivity index (χ2n) is 8.08. The fourth-order valence-corrected chi connectivity index (χ4v) is 2.98. The molecule has 0 aromatic carbocycles. The summed E-state index contributed by atoms with van der Waals surface area (Å²) in [5.74, 6) is -0.680. The van der Waals surface area contributed by atoms with Gasteiger partial charge in [-0.25, -0.2) is 0 Å². The summed E-state index contributed by atoms with van der Waals surface area (Å²) in [6, 6.07) is 0. The molecule has 0 aliphatic carbocycles. The third-order valence-corrected chi connectivity index (χ3v) is 4.97. The van der Waals surface area contributed by atoms with Gasteiger partial charge in [-0.05, 0) is 38.5 Å². The van der Waals surface area contributed by atoms with E-state index in [9.17, 15) is 9.90 Å². The zero-order valence-electron chi connectivity index (χ0n) is 19.3. The van der Waals surface area contributed by atoms with E-state index in [1.165, 1.54) is 51.4 Å². The summed E-state index contributed by atoms with van der Waals surface area (Å²) in [5.41, 5.74) is 0. The van der Waals surface area contributed by atoms with Crippen LogP contribution < -0.4 is 0 Å². The second-order valence-corrected chi connectivity index (χ2v) is 8.08. The SMILES string of the molecule is O=C(O)CCCCCCCC=CCCCCCCCCCC(O)CO.OCC(O)CO. The first-order valence-corrected chi connectivity index (χ1v) is 12.0. The summed E-state index contributed by atoms with van der Waals surface area (Å²) in [7, 11) is 0. The molecule has 0 radical (unpaired) electrons. The van der Waals surface area contributed by atoms with E-state index in [0.717, 1.165) is 44.9 Å². The Morgan fingerprint density at radius 2 is 0.968 bits per heavy atom. The largest absolute Gasteiger partial charge is 0.481 e. The number of rotatable bonds is 21. The van der Waals surface area contributed by atoms with Crippen LogP contribution in [0, 0.1) is 0 Å². The van der Waals surface area contributed by atoms with Gasteiger partial charge in [0.2, 0.25) is 0 Å². The summed E-state index contributed by atoms with van der Waals surface area (Å²) < 4.78 is 0. The molecule has 31 heavy (non-hydrogen) atoms. The zero-order chi connectivity index (χ0) is 23.6. The summed E-state index contributed by atoms with van der Waals surface area (Å²) in [6.07, 6.45) is 20.5. The van der Waals surface area contributed by atoms with Gasteiger partial charge in [0.1, 0.15) is 6.10 Å². The highest BCUT2D eigenvalue weighted by molar-refractivity contribution is 5.66. The van der Waals surface area contributed by atoms with Gasteiger partial charge in [0.15, 0.2) is 0 Å². The van der Waals surface area contributed by atoms with Crippen LogP contribution >= 0.6 is 0 Å². The van der Waals surface area contributed by atoms with Crippen LogP contribution in [0.15, 0.2) is 12.2 Å². The van der Waals surface area contributed by atoms with E-state index in [0.29, 0.717) is 6.42 Å². The van der Waals surface area contributed by atoms with Crippen molar-refractivity contribution in [2.45, 2.75) is 115 Å². The monoisotopic (exact) mass is 448 g/mol. The molecule has 0 saturated carbocycles. The van der Waals surface area contributed by atoms with Crippen LogP contribution in [-0.4, -0.2) is 68.6 Å². The van der Waals surface area contributed by atoms with Crippen LogP contribution in [0.1, 0.15) is 103 Å². The maximum absolute atomic E-state index is 10.4. The van der Waals surface area contributed by atoms with E-state index in [-0.39, 0.29) is 19.8 Å². The molecule has 0 rings (SSSR count). The van der Waals surface area contributed by atoms with Gasteiger partial charge in [-0.1, -0.05) is 69.9 Å². The number of hydrogen-bond acceptors (Lipinski definition) is 6. The summed E-state index contributed by atoms with van der Waals surface area (Å²) in [5, 5.41) is 50.5. The predicted octanol–water partition coefficient (Wildman–Crippen LogP) is 3.55. The van der Waals surface area contributed by atoms with Crippen molar-refractivity contribution >= 4 is 5.97 Å². The highest BCUT2D eigenvalue weighted by Crippen LogP contribution is 2.11. The Hall–Kier alpha value is -0.990. The predicted molar refractivity (Wildman–Crippen MR) is 124 cm³/mol. The van der Waals surface area contributed by atoms with Crippen LogP contribution in [0.3, 0.4) is 0 Å². The average molecular weight is 449 g/mol. The number of aliphatic hydroxyl groups is 5. The number of carboxylic acid groups (broad SMARTS) is 1. The Bertz CT molecular complexity index is 384. The molecule has 7 heteroatoms. The van der Waals surface area contributed by atoms with E-state index in [2.05, 4.69) is 12.2 Å². The molecular formula is C24H48O7. The van der Waals surface area contributed by atoms with Crippen molar-refractivity contribution in [1.29, 1.82) is 0 Å². The van der Waals surface area contributed by atoms with Crippen molar-refractivity contribution in [3.05, 3.63) is 12.2 Å². The van der Waals surface area contributed by atoms with Gasteiger partial charge in [-0.3, -0.25) is 4.79 Å². The molecule has 0 aromatic rings. The van der Waals surface area contributed by atoms with Gasteiger partial charge in [0.05, 0.1) is 25.9 Å². The lowest BCUT2D eigenvalue weighted by Crippen LogP contribution is -2.15. The number of hydrogen-bond donors (Lipinski definition) is 6. The number of allylic oxidation sites excluding steroid dienone is 2. The third kappa shape index (κ3) is 31.3. The number of aliphatic carboxylic acids is 1. The first-order valence-electron chi connectivity index (χ1n) is 12.0. The van der Waals surface area contributed by atoms with Crippen molar-refractivity contribution in [3.63, 3.8) is 0 Å². The lowest BCUT2D eigenvalue weighted by molar-refractivity contribution is -0.137. The lowest BCUT2D eigenvalue weighted by Gasteiger charge is -2.06. The van der Waals surface area contributed by atoms with Crippen LogP contribution in [0.4, 0.5) is 0 Å². The standard InChI is InChI=1S/C21H40O4.C3H8O3/c22-19-20(23)17-15-13-11-9-7-5-3-1-2-4-6-8-10-12-14-16-18-21(24)25;4-1-3(6)2-5/h2,4,20,22-23H,1,3,5-19H2,(H,24,25);3-6H,1-2H2. The minimum Gasteiger partial charge on any atom is -0.481 e. The molecule has 0 aromatic heterocycles. The zero-order valence-corrected chi connectivity index (χ0v) is 19.3. The Labute approximate surface area is 188 Å². The van der Waals surface area contributed by atoms with Crippen molar-refractivity contribution in [1.82, 2.24) is 0 Å². The molecule has 0 amide bonds. The van der Waals surface area contributed by atoms with Crippen molar-refractivity contribution in [3.8, 4) is 0 Å². The molecule has 0 aliphatic heterocycles. The topological polar surface area (TPSA) is 138 Å². The van der Waals surface area contributed by atoms with Gasteiger partial charge < -0.3 is 30.6 Å².